The number of hydrogen-bond donors (Lipinski definition) is 1. The lowest BCUT2D eigenvalue weighted by Crippen LogP contribution is -2.30. The summed E-state index contributed by atoms with van der Waals surface area (Å²) in [5.41, 5.74) is 1.93. The third-order valence-corrected chi connectivity index (χ3v) is 3.68. The van der Waals surface area contributed by atoms with Crippen molar-refractivity contribution in [2.75, 3.05) is 13.1 Å². The summed E-state index contributed by atoms with van der Waals surface area (Å²) in [4.78, 5) is 17.0. The number of amides is 1. The number of H-pyrrole nitrogens is 1. The molecule has 0 aliphatic carbocycles. The zero-order valence-electron chi connectivity index (χ0n) is 12.5. The molecule has 1 amide bonds. The van der Waals surface area contributed by atoms with Crippen LogP contribution in [0.2, 0.25) is 0 Å². The maximum absolute atomic E-state index is 13.9. The van der Waals surface area contributed by atoms with E-state index in [4.69, 9.17) is 0 Å². The molecule has 0 saturated carbocycles. The molecule has 1 aromatic carbocycles. The van der Waals surface area contributed by atoms with Gasteiger partial charge in [-0.25, -0.2) is 4.39 Å². The molecule has 0 atom stereocenters. The predicted octanol–water partition coefficient (Wildman–Crippen LogP) is 3.91. The lowest BCUT2D eigenvalue weighted by molar-refractivity contribution is 0.0768. The number of nitrogens with one attached hydrogen (secondary N) is 1. The van der Waals surface area contributed by atoms with Crippen molar-refractivity contribution in [1.82, 2.24) is 9.88 Å². The van der Waals surface area contributed by atoms with E-state index in [-0.39, 0.29) is 17.6 Å². The molecule has 0 aliphatic heterocycles. The number of aromatic amines is 1. The molecule has 0 aliphatic rings. The van der Waals surface area contributed by atoms with Crippen LogP contribution in [0.1, 0.15) is 49.7 Å². The summed E-state index contributed by atoms with van der Waals surface area (Å²) >= 11 is 0. The monoisotopic (exact) mass is 276 g/mol. The van der Waals surface area contributed by atoms with Crippen LogP contribution in [0.5, 0.6) is 0 Å². The highest BCUT2D eigenvalue weighted by Gasteiger charge is 2.18. The number of carbonyl (C=O) groups is 1. The Labute approximate surface area is 118 Å². The van der Waals surface area contributed by atoms with Gasteiger partial charge in [-0.05, 0) is 37.5 Å². The van der Waals surface area contributed by atoms with Crippen LogP contribution in [-0.2, 0) is 0 Å². The predicted molar refractivity (Wildman–Crippen MR) is 79.6 cm³/mol. The van der Waals surface area contributed by atoms with Crippen molar-refractivity contribution in [2.24, 2.45) is 0 Å². The van der Waals surface area contributed by atoms with Crippen molar-refractivity contribution in [2.45, 2.75) is 33.6 Å². The zero-order chi connectivity index (χ0) is 14.9. The minimum Gasteiger partial charge on any atom is -0.348 e. The molecule has 108 valence electrons. The molecule has 4 heteroatoms. The smallest absolute Gasteiger partial charge is 0.270 e. The molecule has 0 bridgehead atoms. The summed E-state index contributed by atoms with van der Waals surface area (Å²) in [6.07, 6.45) is 0. The third kappa shape index (κ3) is 2.42. The van der Waals surface area contributed by atoms with E-state index in [0.29, 0.717) is 24.3 Å². The molecular weight excluding hydrogens is 255 g/mol. The molecule has 0 unspecified atom stereocenters. The Morgan fingerprint density at radius 3 is 2.50 bits per heavy atom. The van der Waals surface area contributed by atoms with Crippen LogP contribution in [0.15, 0.2) is 18.2 Å². The fourth-order valence-corrected chi connectivity index (χ4v) is 2.51. The van der Waals surface area contributed by atoms with E-state index in [1.807, 2.05) is 13.8 Å². The standard InChI is InChI=1S/C16H21FN2O/c1-5-19(6-2)16(20)14-9-12-11(10(3)4)7-8-13(17)15(12)18-14/h7-10,18H,5-6H2,1-4H3. The summed E-state index contributed by atoms with van der Waals surface area (Å²) in [7, 11) is 0. The van der Waals surface area contributed by atoms with Gasteiger partial charge in [-0.2, -0.15) is 0 Å². The minimum absolute atomic E-state index is 0.0830. The van der Waals surface area contributed by atoms with E-state index in [1.54, 1.807) is 17.0 Å². The summed E-state index contributed by atoms with van der Waals surface area (Å²) < 4.78 is 13.9. The molecule has 1 N–H and O–H groups in total. The molecule has 2 aromatic rings. The van der Waals surface area contributed by atoms with Gasteiger partial charge in [0, 0.05) is 18.5 Å². The zero-order valence-corrected chi connectivity index (χ0v) is 12.5. The first-order valence-electron chi connectivity index (χ1n) is 7.09. The van der Waals surface area contributed by atoms with Gasteiger partial charge in [-0.1, -0.05) is 19.9 Å². The molecule has 2 rings (SSSR count). The van der Waals surface area contributed by atoms with Crippen LogP contribution in [0.3, 0.4) is 0 Å². The van der Waals surface area contributed by atoms with E-state index in [1.165, 1.54) is 6.07 Å². The number of fused-ring (bicyclic) bond motifs is 1. The van der Waals surface area contributed by atoms with Crippen LogP contribution in [0, 0.1) is 5.82 Å². The molecule has 20 heavy (non-hydrogen) atoms. The number of rotatable bonds is 4. The number of aromatic nitrogens is 1. The summed E-state index contributed by atoms with van der Waals surface area (Å²) in [6, 6.07) is 5.02. The third-order valence-electron chi connectivity index (χ3n) is 3.68. The highest BCUT2D eigenvalue weighted by atomic mass is 19.1. The van der Waals surface area contributed by atoms with Gasteiger partial charge >= 0.3 is 0 Å². The largest absolute Gasteiger partial charge is 0.348 e. The Kier molecular flexibility index (Phi) is 4.12. The van der Waals surface area contributed by atoms with E-state index < -0.39 is 0 Å². The average molecular weight is 276 g/mol. The van der Waals surface area contributed by atoms with Crippen LogP contribution < -0.4 is 0 Å². The number of nitrogens with zero attached hydrogens (tertiary/aromatic N) is 1. The van der Waals surface area contributed by atoms with Crippen molar-refractivity contribution in [1.29, 1.82) is 0 Å². The second-order valence-corrected chi connectivity index (χ2v) is 5.24. The van der Waals surface area contributed by atoms with Gasteiger partial charge in [0.15, 0.2) is 0 Å². The van der Waals surface area contributed by atoms with E-state index >= 15 is 0 Å². The van der Waals surface area contributed by atoms with Gasteiger partial charge in [0.2, 0.25) is 0 Å². The summed E-state index contributed by atoms with van der Waals surface area (Å²) in [5, 5.41) is 0.801. The highest BCUT2D eigenvalue weighted by Crippen LogP contribution is 2.28. The van der Waals surface area contributed by atoms with Gasteiger partial charge in [0.1, 0.15) is 11.5 Å². The molecule has 0 fully saturated rings. The number of hydrogen-bond acceptors (Lipinski definition) is 1. The Hall–Kier alpha value is -1.84. The lowest BCUT2D eigenvalue weighted by Gasteiger charge is -2.17. The van der Waals surface area contributed by atoms with Crippen LogP contribution in [0.4, 0.5) is 4.39 Å². The van der Waals surface area contributed by atoms with Crippen LogP contribution in [0.25, 0.3) is 10.9 Å². The van der Waals surface area contributed by atoms with Crippen LogP contribution in [-0.4, -0.2) is 28.9 Å². The van der Waals surface area contributed by atoms with Crippen LogP contribution >= 0.6 is 0 Å². The maximum Gasteiger partial charge on any atom is 0.270 e. The molecule has 1 heterocycles. The number of benzene rings is 1. The minimum atomic E-state index is -0.317. The molecule has 3 nitrogen and oxygen atoms in total. The second kappa shape index (κ2) is 5.65. The Morgan fingerprint density at radius 2 is 1.95 bits per heavy atom. The van der Waals surface area contributed by atoms with Crippen molar-refractivity contribution < 1.29 is 9.18 Å². The second-order valence-electron chi connectivity index (χ2n) is 5.24. The number of halogens is 1. The van der Waals surface area contributed by atoms with Crippen molar-refractivity contribution in [3.8, 4) is 0 Å². The first kappa shape index (κ1) is 14.6. The average Bonchev–Trinajstić information content (AvgIpc) is 2.85. The van der Waals surface area contributed by atoms with Crippen molar-refractivity contribution >= 4 is 16.8 Å². The van der Waals surface area contributed by atoms with E-state index in [0.717, 1.165) is 10.9 Å². The first-order chi connectivity index (χ1) is 9.49. The van der Waals surface area contributed by atoms with E-state index in [9.17, 15) is 9.18 Å². The van der Waals surface area contributed by atoms with Gasteiger partial charge in [-0.3, -0.25) is 4.79 Å². The molecule has 0 spiro atoms. The Bertz CT molecular complexity index is 627. The quantitative estimate of drug-likeness (QED) is 0.903. The Morgan fingerprint density at radius 1 is 1.30 bits per heavy atom. The SMILES string of the molecule is CCN(CC)C(=O)c1cc2c(C(C)C)ccc(F)c2[nH]1. The summed E-state index contributed by atoms with van der Waals surface area (Å²) in [5.74, 6) is -0.117. The fraction of sp³-hybridized carbons (Fsp3) is 0.438. The molecule has 0 radical (unpaired) electrons. The summed E-state index contributed by atoms with van der Waals surface area (Å²) in [6.45, 7) is 9.28. The highest BCUT2D eigenvalue weighted by molar-refractivity contribution is 5.99. The molecule has 0 saturated heterocycles. The van der Waals surface area contributed by atoms with Gasteiger partial charge in [-0.15, -0.1) is 0 Å². The Balaban J connectivity index is 2.55. The maximum atomic E-state index is 13.9. The van der Waals surface area contributed by atoms with Crippen molar-refractivity contribution in [3.63, 3.8) is 0 Å². The lowest BCUT2D eigenvalue weighted by atomic mass is 9.99. The van der Waals surface area contributed by atoms with E-state index in [2.05, 4.69) is 18.8 Å². The van der Waals surface area contributed by atoms with Gasteiger partial charge < -0.3 is 9.88 Å². The fourth-order valence-electron chi connectivity index (χ4n) is 2.51. The van der Waals surface area contributed by atoms with Crippen molar-refractivity contribution in [3.05, 3.63) is 35.3 Å². The molecule has 1 aromatic heterocycles. The normalized spacial score (nSPS) is 11.3. The van der Waals surface area contributed by atoms with Gasteiger partial charge in [0.25, 0.3) is 5.91 Å². The molecular formula is C16H21FN2O. The van der Waals surface area contributed by atoms with Gasteiger partial charge in [0.05, 0.1) is 5.52 Å². The topological polar surface area (TPSA) is 36.1 Å². The first-order valence-corrected chi connectivity index (χ1v) is 7.09. The number of carbonyl (C=O) groups excluding carboxylic acids is 1.